The van der Waals surface area contributed by atoms with Crippen molar-refractivity contribution >= 4 is 33.2 Å². The van der Waals surface area contributed by atoms with Crippen LogP contribution >= 0.6 is 27.5 Å². The lowest BCUT2D eigenvalue weighted by Crippen LogP contribution is -1.98. The van der Waals surface area contributed by atoms with Gasteiger partial charge >= 0.3 is 0 Å². The van der Waals surface area contributed by atoms with Crippen molar-refractivity contribution in [3.05, 3.63) is 57.5 Å². The van der Waals surface area contributed by atoms with Crippen LogP contribution < -0.4 is 5.32 Å². The number of hydrogen-bond donors (Lipinski definition) is 2. The molecule has 0 heterocycles. The minimum absolute atomic E-state index is 0.254. The summed E-state index contributed by atoms with van der Waals surface area (Å²) in [6, 6.07) is 12.8. The molecule has 2 aromatic rings. The van der Waals surface area contributed by atoms with Crippen molar-refractivity contribution in [1.82, 2.24) is 0 Å². The van der Waals surface area contributed by atoms with Crippen molar-refractivity contribution in [2.45, 2.75) is 6.54 Å². The molecule has 0 fully saturated rings. The lowest BCUT2D eigenvalue weighted by atomic mass is 10.2. The van der Waals surface area contributed by atoms with E-state index in [-0.39, 0.29) is 5.75 Å². The zero-order chi connectivity index (χ0) is 12.3. The Morgan fingerprint density at radius 2 is 2.00 bits per heavy atom. The number of phenols is 1. The molecule has 0 saturated heterocycles. The second-order valence-electron chi connectivity index (χ2n) is 3.65. The average molecular weight is 313 g/mol. The third-order valence-electron chi connectivity index (χ3n) is 2.33. The van der Waals surface area contributed by atoms with Crippen LogP contribution in [0.3, 0.4) is 0 Å². The van der Waals surface area contributed by atoms with Crippen LogP contribution in [0.15, 0.2) is 46.9 Å². The topological polar surface area (TPSA) is 32.3 Å². The third-order valence-corrected chi connectivity index (χ3v) is 3.56. The van der Waals surface area contributed by atoms with E-state index in [1.54, 1.807) is 18.2 Å². The molecule has 88 valence electrons. The number of hydrogen-bond acceptors (Lipinski definition) is 2. The van der Waals surface area contributed by atoms with Gasteiger partial charge in [-0.2, -0.15) is 0 Å². The first-order chi connectivity index (χ1) is 8.15. The van der Waals surface area contributed by atoms with Crippen LogP contribution in [0.1, 0.15) is 5.56 Å². The summed E-state index contributed by atoms with van der Waals surface area (Å²) in [5, 5.41) is 13.2. The van der Waals surface area contributed by atoms with Crippen molar-refractivity contribution < 1.29 is 5.11 Å². The summed E-state index contributed by atoms with van der Waals surface area (Å²) in [4.78, 5) is 0. The fourth-order valence-corrected chi connectivity index (χ4v) is 1.92. The zero-order valence-electron chi connectivity index (χ0n) is 8.95. The van der Waals surface area contributed by atoms with Crippen LogP contribution in [0.25, 0.3) is 0 Å². The van der Waals surface area contributed by atoms with Crippen molar-refractivity contribution in [1.29, 1.82) is 0 Å². The molecule has 0 aromatic heterocycles. The van der Waals surface area contributed by atoms with E-state index in [2.05, 4.69) is 21.2 Å². The predicted molar refractivity (Wildman–Crippen MR) is 74.6 cm³/mol. The molecule has 0 aliphatic rings. The molecular formula is C13H11BrClNO. The maximum absolute atomic E-state index is 9.32. The number of phenolic OH excluding ortho intramolecular Hbond substituents is 1. The van der Waals surface area contributed by atoms with E-state index in [9.17, 15) is 5.11 Å². The van der Waals surface area contributed by atoms with E-state index in [0.29, 0.717) is 11.6 Å². The maximum Gasteiger partial charge on any atom is 0.117 e. The van der Waals surface area contributed by atoms with Crippen molar-refractivity contribution in [2.75, 3.05) is 5.32 Å². The molecular weight excluding hydrogens is 302 g/mol. The maximum atomic E-state index is 9.32. The Labute approximate surface area is 113 Å². The second kappa shape index (κ2) is 5.43. The summed E-state index contributed by atoms with van der Waals surface area (Å²) < 4.78 is 0.889. The number of benzene rings is 2. The van der Waals surface area contributed by atoms with Gasteiger partial charge in [-0.3, -0.25) is 0 Å². The SMILES string of the molecule is Oc1cccc(NCc2ccc(Br)c(Cl)c2)c1. The lowest BCUT2D eigenvalue weighted by molar-refractivity contribution is 0.475. The predicted octanol–water partition coefficient (Wildman–Crippen LogP) is 4.42. The van der Waals surface area contributed by atoms with Gasteiger partial charge in [0.2, 0.25) is 0 Å². The van der Waals surface area contributed by atoms with Crippen LogP contribution in [-0.4, -0.2) is 5.11 Å². The van der Waals surface area contributed by atoms with Gasteiger partial charge < -0.3 is 10.4 Å². The summed E-state index contributed by atoms with van der Waals surface area (Å²) in [5.41, 5.74) is 1.96. The molecule has 0 unspecified atom stereocenters. The third kappa shape index (κ3) is 3.38. The van der Waals surface area contributed by atoms with Gasteiger partial charge in [-0.25, -0.2) is 0 Å². The molecule has 0 aliphatic heterocycles. The molecule has 0 amide bonds. The van der Waals surface area contributed by atoms with Crippen LogP contribution in [0.4, 0.5) is 5.69 Å². The molecule has 2 rings (SSSR count). The van der Waals surface area contributed by atoms with E-state index < -0.39 is 0 Å². The minimum Gasteiger partial charge on any atom is -0.508 e. The van der Waals surface area contributed by atoms with E-state index in [1.807, 2.05) is 24.3 Å². The van der Waals surface area contributed by atoms with E-state index in [4.69, 9.17) is 11.6 Å². The highest BCUT2D eigenvalue weighted by atomic mass is 79.9. The Kier molecular flexibility index (Phi) is 3.92. The van der Waals surface area contributed by atoms with Crippen molar-refractivity contribution in [3.63, 3.8) is 0 Å². The summed E-state index contributed by atoms with van der Waals surface area (Å²) in [5.74, 6) is 0.254. The minimum atomic E-state index is 0.254. The monoisotopic (exact) mass is 311 g/mol. The van der Waals surface area contributed by atoms with Crippen LogP contribution in [0.2, 0.25) is 5.02 Å². The summed E-state index contributed by atoms with van der Waals surface area (Å²) in [7, 11) is 0. The highest BCUT2D eigenvalue weighted by Crippen LogP contribution is 2.24. The van der Waals surface area contributed by atoms with Crippen LogP contribution in [0.5, 0.6) is 5.75 Å². The molecule has 0 radical (unpaired) electrons. The summed E-state index contributed by atoms with van der Waals surface area (Å²) in [6.07, 6.45) is 0. The van der Waals surface area contributed by atoms with Gasteiger partial charge in [-0.15, -0.1) is 0 Å². The molecule has 0 aliphatic carbocycles. The molecule has 2 N–H and O–H groups in total. The smallest absolute Gasteiger partial charge is 0.117 e. The van der Waals surface area contributed by atoms with Crippen molar-refractivity contribution in [3.8, 4) is 5.75 Å². The quantitative estimate of drug-likeness (QED) is 0.879. The van der Waals surface area contributed by atoms with E-state index in [1.165, 1.54) is 0 Å². The molecule has 0 saturated carbocycles. The first kappa shape index (κ1) is 12.3. The highest BCUT2D eigenvalue weighted by Gasteiger charge is 1.99. The van der Waals surface area contributed by atoms with E-state index in [0.717, 1.165) is 15.7 Å². The normalized spacial score (nSPS) is 10.2. The first-order valence-corrected chi connectivity index (χ1v) is 6.29. The van der Waals surface area contributed by atoms with Crippen LogP contribution in [-0.2, 0) is 6.54 Å². The standard InChI is InChI=1S/C13H11BrClNO/c14-12-5-4-9(6-13(12)15)8-16-10-2-1-3-11(17)7-10/h1-7,16-17H,8H2. The number of aromatic hydroxyl groups is 1. The molecule has 4 heteroatoms. The molecule has 17 heavy (non-hydrogen) atoms. The molecule has 0 spiro atoms. The fraction of sp³-hybridized carbons (Fsp3) is 0.0769. The summed E-state index contributed by atoms with van der Waals surface area (Å²) >= 11 is 9.36. The number of nitrogens with one attached hydrogen (secondary N) is 1. The van der Waals surface area contributed by atoms with Gasteiger partial charge in [-0.1, -0.05) is 23.7 Å². The first-order valence-electron chi connectivity index (χ1n) is 5.12. The van der Waals surface area contributed by atoms with Gasteiger partial charge in [-0.05, 0) is 45.8 Å². The number of halogens is 2. The van der Waals surface area contributed by atoms with Gasteiger partial charge in [0.25, 0.3) is 0 Å². The zero-order valence-corrected chi connectivity index (χ0v) is 11.3. The summed E-state index contributed by atoms with van der Waals surface area (Å²) in [6.45, 7) is 0.663. The Morgan fingerprint density at radius 1 is 1.18 bits per heavy atom. The Balaban J connectivity index is 2.05. The number of anilines is 1. The molecule has 2 nitrogen and oxygen atoms in total. The highest BCUT2D eigenvalue weighted by molar-refractivity contribution is 9.10. The van der Waals surface area contributed by atoms with Gasteiger partial charge in [0.05, 0.1) is 5.02 Å². The number of rotatable bonds is 3. The molecule has 0 bridgehead atoms. The largest absolute Gasteiger partial charge is 0.508 e. The Morgan fingerprint density at radius 3 is 2.71 bits per heavy atom. The van der Waals surface area contributed by atoms with Gasteiger partial charge in [0.15, 0.2) is 0 Å². The van der Waals surface area contributed by atoms with Gasteiger partial charge in [0, 0.05) is 22.8 Å². The lowest BCUT2D eigenvalue weighted by Gasteiger charge is -2.07. The van der Waals surface area contributed by atoms with Crippen LogP contribution in [0, 0.1) is 0 Å². The Bertz CT molecular complexity index is 531. The fourth-order valence-electron chi connectivity index (χ4n) is 1.47. The molecule has 2 aromatic carbocycles. The average Bonchev–Trinajstić information content (AvgIpc) is 2.31. The Hall–Kier alpha value is -1.19. The molecule has 0 atom stereocenters. The van der Waals surface area contributed by atoms with E-state index >= 15 is 0 Å². The van der Waals surface area contributed by atoms with Crippen molar-refractivity contribution in [2.24, 2.45) is 0 Å². The second-order valence-corrected chi connectivity index (χ2v) is 4.91. The van der Waals surface area contributed by atoms with Gasteiger partial charge in [0.1, 0.15) is 5.75 Å².